The van der Waals surface area contributed by atoms with Crippen LogP contribution >= 0.6 is 0 Å². The summed E-state index contributed by atoms with van der Waals surface area (Å²) < 4.78 is 19.7. The molecular formula is C15H26O6. The number of carbonyl (C=O) groups is 2. The molecule has 0 radical (unpaired) electrons. The standard InChI is InChI=1S/C15H26O6/c1-5-10-7-11(6-2)13(15(17)21-9-19-4)12(10)14(16)20-8-18-3/h10-13H,5-9H2,1-4H3. The first-order chi connectivity index (χ1) is 10.1. The molecule has 1 aliphatic carbocycles. The largest absolute Gasteiger partial charge is 0.438 e. The first-order valence-corrected chi connectivity index (χ1v) is 7.41. The van der Waals surface area contributed by atoms with Gasteiger partial charge in [-0.1, -0.05) is 26.7 Å². The van der Waals surface area contributed by atoms with Gasteiger partial charge in [0.2, 0.25) is 0 Å². The van der Waals surface area contributed by atoms with E-state index in [0.29, 0.717) is 0 Å². The molecule has 0 aromatic rings. The fourth-order valence-corrected chi connectivity index (χ4v) is 3.21. The van der Waals surface area contributed by atoms with Crippen molar-refractivity contribution in [3.63, 3.8) is 0 Å². The van der Waals surface area contributed by atoms with E-state index in [2.05, 4.69) is 0 Å². The van der Waals surface area contributed by atoms with Crippen LogP contribution in [0, 0.1) is 23.7 Å². The van der Waals surface area contributed by atoms with Crippen molar-refractivity contribution >= 4 is 11.9 Å². The predicted octanol–water partition coefficient (Wildman–Crippen LogP) is 1.97. The predicted molar refractivity (Wildman–Crippen MR) is 75.1 cm³/mol. The topological polar surface area (TPSA) is 71.1 Å². The van der Waals surface area contributed by atoms with Crippen molar-refractivity contribution in [3.8, 4) is 0 Å². The molecule has 0 aliphatic heterocycles. The Kier molecular flexibility index (Phi) is 7.67. The van der Waals surface area contributed by atoms with Gasteiger partial charge in [-0.15, -0.1) is 0 Å². The third-order valence-electron chi connectivity index (χ3n) is 4.24. The molecule has 0 N–H and O–H groups in total. The Hall–Kier alpha value is -1.14. The van der Waals surface area contributed by atoms with Crippen LogP contribution in [0.5, 0.6) is 0 Å². The molecule has 0 aromatic carbocycles. The van der Waals surface area contributed by atoms with Gasteiger partial charge in [0.1, 0.15) is 0 Å². The lowest BCUT2D eigenvalue weighted by Crippen LogP contribution is -2.34. The average molecular weight is 302 g/mol. The number of esters is 2. The van der Waals surface area contributed by atoms with E-state index in [-0.39, 0.29) is 37.4 Å². The van der Waals surface area contributed by atoms with E-state index in [9.17, 15) is 9.59 Å². The Morgan fingerprint density at radius 2 is 1.24 bits per heavy atom. The number of hydrogen-bond acceptors (Lipinski definition) is 6. The molecule has 6 heteroatoms. The summed E-state index contributed by atoms with van der Waals surface area (Å²) in [5, 5.41) is 0. The van der Waals surface area contributed by atoms with Crippen molar-refractivity contribution in [2.45, 2.75) is 33.1 Å². The fraction of sp³-hybridized carbons (Fsp3) is 0.867. The maximum absolute atomic E-state index is 12.3. The summed E-state index contributed by atoms with van der Waals surface area (Å²) in [6, 6.07) is 0. The molecule has 1 rings (SSSR count). The zero-order chi connectivity index (χ0) is 15.8. The number of ether oxygens (including phenoxy) is 4. The minimum atomic E-state index is -0.459. The highest BCUT2D eigenvalue weighted by Gasteiger charge is 2.50. The van der Waals surface area contributed by atoms with E-state index in [1.54, 1.807) is 0 Å². The van der Waals surface area contributed by atoms with E-state index >= 15 is 0 Å². The summed E-state index contributed by atoms with van der Waals surface area (Å²) in [5.74, 6) is -1.39. The first-order valence-electron chi connectivity index (χ1n) is 7.41. The smallest absolute Gasteiger partial charge is 0.312 e. The van der Waals surface area contributed by atoms with Gasteiger partial charge in [0, 0.05) is 14.2 Å². The molecule has 0 heterocycles. The zero-order valence-electron chi connectivity index (χ0n) is 13.3. The SMILES string of the molecule is CCC1CC(CC)C(C(=O)OCOC)C1C(=O)OCOC. The van der Waals surface area contributed by atoms with E-state index < -0.39 is 11.8 Å². The molecule has 0 saturated heterocycles. The van der Waals surface area contributed by atoms with Crippen LogP contribution in [0.4, 0.5) is 0 Å². The third-order valence-corrected chi connectivity index (χ3v) is 4.24. The highest BCUT2D eigenvalue weighted by atomic mass is 16.7. The van der Waals surface area contributed by atoms with Gasteiger partial charge in [0.05, 0.1) is 11.8 Å². The van der Waals surface area contributed by atoms with Gasteiger partial charge in [-0.3, -0.25) is 9.59 Å². The minimum absolute atomic E-state index is 0.0948. The summed E-state index contributed by atoms with van der Waals surface area (Å²) in [5.41, 5.74) is 0. The van der Waals surface area contributed by atoms with Gasteiger partial charge in [-0.05, 0) is 18.3 Å². The van der Waals surface area contributed by atoms with Crippen LogP contribution in [-0.2, 0) is 28.5 Å². The highest BCUT2D eigenvalue weighted by Crippen LogP contribution is 2.46. The Balaban J connectivity index is 2.88. The molecule has 6 nitrogen and oxygen atoms in total. The second kappa shape index (κ2) is 9.00. The molecule has 21 heavy (non-hydrogen) atoms. The van der Waals surface area contributed by atoms with Crippen LogP contribution in [-0.4, -0.2) is 39.7 Å². The lowest BCUT2D eigenvalue weighted by atomic mass is 9.85. The molecular weight excluding hydrogens is 276 g/mol. The van der Waals surface area contributed by atoms with Crippen molar-refractivity contribution < 1.29 is 28.5 Å². The van der Waals surface area contributed by atoms with Crippen LogP contribution in [0.25, 0.3) is 0 Å². The van der Waals surface area contributed by atoms with Gasteiger partial charge in [0.25, 0.3) is 0 Å². The molecule has 0 aromatic heterocycles. The van der Waals surface area contributed by atoms with Gasteiger partial charge < -0.3 is 18.9 Å². The molecule has 1 saturated carbocycles. The van der Waals surface area contributed by atoms with Crippen LogP contribution < -0.4 is 0 Å². The van der Waals surface area contributed by atoms with E-state index in [1.807, 2.05) is 13.8 Å². The Bertz CT molecular complexity index is 311. The van der Waals surface area contributed by atoms with Gasteiger partial charge in [0.15, 0.2) is 13.6 Å². The summed E-state index contributed by atoms with van der Waals surface area (Å²) in [7, 11) is 2.91. The molecule has 0 spiro atoms. The number of hydrogen-bond donors (Lipinski definition) is 0. The van der Waals surface area contributed by atoms with Crippen molar-refractivity contribution in [1.29, 1.82) is 0 Å². The van der Waals surface area contributed by atoms with Crippen LogP contribution in [0.3, 0.4) is 0 Å². The van der Waals surface area contributed by atoms with E-state index in [0.717, 1.165) is 19.3 Å². The number of rotatable bonds is 8. The quantitative estimate of drug-likeness (QED) is 0.504. The summed E-state index contributed by atoms with van der Waals surface area (Å²) in [4.78, 5) is 24.6. The summed E-state index contributed by atoms with van der Waals surface area (Å²) in [6.07, 6.45) is 2.50. The van der Waals surface area contributed by atoms with Gasteiger partial charge in [-0.2, -0.15) is 0 Å². The lowest BCUT2D eigenvalue weighted by Gasteiger charge is -2.23. The number of carbonyl (C=O) groups excluding carboxylic acids is 2. The molecule has 1 fully saturated rings. The number of methoxy groups -OCH3 is 2. The summed E-state index contributed by atoms with van der Waals surface area (Å²) >= 11 is 0. The highest BCUT2D eigenvalue weighted by molar-refractivity contribution is 5.83. The van der Waals surface area contributed by atoms with Crippen molar-refractivity contribution in [2.75, 3.05) is 27.8 Å². The molecule has 4 atom stereocenters. The molecule has 4 unspecified atom stereocenters. The normalized spacial score (nSPS) is 28.4. The molecule has 0 bridgehead atoms. The third kappa shape index (κ3) is 4.41. The second-order valence-electron chi connectivity index (χ2n) is 5.36. The molecule has 0 amide bonds. The van der Waals surface area contributed by atoms with Crippen molar-refractivity contribution in [3.05, 3.63) is 0 Å². The monoisotopic (exact) mass is 302 g/mol. The zero-order valence-corrected chi connectivity index (χ0v) is 13.3. The lowest BCUT2D eigenvalue weighted by molar-refractivity contribution is -0.173. The van der Waals surface area contributed by atoms with Crippen LogP contribution in [0.1, 0.15) is 33.1 Å². The van der Waals surface area contributed by atoms with E-state index in [4.69, 9.17) is 18.9 Å². The molecule has 122 valence electrons. The maximum atomic E-state index is 12.3. The van der Waals surface area contributed by atoms with Gasteiger partial charge in [-0.25, -0.2) is 0 Å². The Labute approximate surface area is 126 Å². The summed E-state index contributed by atoms with van der Waals surface area (Å²) in [6.45, 7) is 3.86. The first kappa shape index (κ1) is 17.9. The Morgan fingerprint density at radius 1 is 0.857 bits per heavy atom. The second-order valence-corrected chi connectivity index (χ2v) is 5.36. The maximum Gasteiger partial charge on any atom is 0.312 e. The average Bonchev–Trinajstić information content (AvgIpc) is 2.88. The minimum Gasteiger partial charge on any atom is -0.438 e. The van der Waals surface area contributed by atoms with Crippen LogP contribution in [0.15, 0.2) is 0 Å². The van der Waals surface area contributed by atoms with Crippen molar-refractivity contribution in [1.82, 2.24) is 0 Å². The fourth-order valence-electron chi connectivity index (χ4n) is 3.21. The van der Waals surface area contributed by atoms with Crippen molar-refractivity contribution in [2.24, 2.45) is 23.7 Å². The Morgan fingerprint density at radius 3 is 1.52 bits per heavy atom. The van der Waals surface area contributed by atoms with E-state index in [1.165, 1.54) is 14.2 Å². The van der Waals surface area contributed by atoms with Gasteiger partial charge >= 0.3 is 11.9 Å². The molecule has 1 aliphatic rings. The van der Waals surface area contributed by atoms with Crippen LogP contribution in [0.2, 0.25) is 0 Å².